The number of nitrogens with zero attached hydrogens (tertiary/aromatic N) is 1. The summed E-state index contributed by atoms with van der Waals surface area (Å²) >= 11 is 0. The van der Waals surface area contributed by atoms with Gasteiger partial charge in [0.05, 0.1) is 11.8 Å². The Morgan fingerprint density at radius 2 is 1.25 bits per heavy atom. The maximum Gasteiger partial charge on any atom is 0.311 e. The highest BCUT2D eigenvalue weighted by Gasteiger charge is 2.57. The number of esters is 2. The van der Waals surface area contributed by atoms with Crippen LogP contribution in [-0.4, -0.2) is 47.5 Å². The van der Waals surface area contributed by atoms with Crippen LogP contribution in [0.1, 0.15) is 78.1 Å². The molecule has 6 fully saturated rings. The molecule has 0 radical (unpaired) electrons. The number of hydrogen-bond acceptors (Lipinski definition) is 6. The lowest BCUT2D eigenvalue weighted by Crippen LogP contribution is -2.47. The molecule has 2 saturated heterocycles. The number of rotatable bonds is 4. The molecule has 198 valence electrons. The van der Waals surface area contributed by atoms with Crippen molar-refractivity contribution in [1.82, 2.24) is 5.06 Å². The summed E-state index contributed by atoms with van der Waals surface area (Å²) in [4.78, 5) is 25.9. The zero-order valence-corrected chi connectivity index (χ0v) is 22.0. The van der Waals surface area contributed by atoms with Gasteiger partial charge in [0.2, 0.25) is 0 Å². The van der Waals surface area contributed by atoms with Crippen LogP contribution in [-0.2, 0) is 19.1 Å². The highest BCUT2D eigenvalue weighted by molar-refractivity contribution is 5.76. The van der Waals surface area contributed by atoms with Crippen molar-refractivity contribution in [2.45, 2.75) is 90.3 Å². The van der Waals surface area contributed by atoms with E-state index < -0.39 is 0 Å². The molecule has 0 aromatic rings. The molecular formula is C30H43NO5. The molecule has 0 bridgehead atoms. The zero-order valence-electron chi connectivity index (χ0n) is 22.0. The normalized spacial score (nSPS) is 48.1. The third-order valence-corrected chi connectivity index (χ3v) is 11.5. The van der Waals surface area contributed by atoms with Gasteiger partial charge in [-0.3, -0.25) is 9.59 Å². The summed E-state index contributed by atoms with van der Waals surface area (Å²) < 4.78 is 11.8. The van der Waals surface area contributed by atoms with Crippen molar-refractivity contribution in [3.05, 3.63) is 24.3 Å². The van der Waals surface area contributed by atoms with E-state index in [0.717, 1.165) is 64.2 Å². The first-order valence-corrected chi connectivity index (χ1v) is 14.3. The Labute approximate surface area is 215 Å². The van der Waals surface area contributed by atoms with Crippen molar-refractivity contribution < 1.29 is 24.3 Å². The van der Waals surface area contributed by atoms with Gasteiger partial charge in [-0.15, -0.1) is 0 Å². The fourth-order valence-corrected chi connectivity index (χ4v) is 9.46. The average Bonchev–Trinajstić information content (AvgIpc) is 3.25. The Bertz CT molecular complexity index is 900. The highest BCUT2D eigenvalue weighted by Crippen LogP contribution is 2.58. The minimum absolute atomic E-state index is 0.0720. The topological polar surface area (TPSA) is 76.1 Å². The van der Waals surface area contributed by atoms with Crippen LogP contribution in [0, 0.1) is 46.3 Å². The lowest BCUT2D eigenvalue weighted by molar-refractivity contribution is -0.155. The van der Waals surface area contributed by atoms with Crippen molar-refractivity contribution in [1.29, 1.82) is 0 Å². The Hall–Kier alpha value is -1.66. The van der Waals surface area contributed by atoms with Gasteiger partial charge < -0.3 is 14.7 Å². The second-order valence-electron chi connectivity index (χ2n) is 13.7. The molecule has 36 heavy (non-hydrogen) atoms. The summed E-state index contributed by atoms with van der Waals surface area (Å²) in [5.41, 5.74) is 2.95. The van der Waals surface area contributed by atoms with Gasteiger partial charge >= 0.3 is 11.9 Å². The number of hydroxylamine groups is 2. The molecule has 0 spiro atoms. The summed E-state index contributed by atoms with van der Waals surface area (Å²) in [6.07, 6.45) is 10.2. The van der Waals surface area contributed by atoms with E-state index in [4.69, 9.17) is 9.47 Å². The number of hydrogen-bond donors (Lipinski definition) is 1. The maximum absolute atomic E-state index is 12.9. The summed E-state index contributed by atoms with van der Waals surface area (Å²) in [5, 5.41) is 12.3. The molecule has 6 rings (SSSR count). The highest BCUT2D eigenvalue weighted by atomic mass is 16.6. The van der Waals surface area contributed by atoms with Crippen molar-refractivity contribution in [3.8, 4) is 0 Å². The third kappa shape index (κ3) is 3.89. The van der Waals surface area contributed by atoms with Crippen LogP contribution >= 0.6 is 0 Å². The van der Waals surface area contributed by atoms with E-state index in [2.05, 4.69) is 27.0 Å². The van der Waals surface area contributed by atoms with Gasteiger partial charge in [-0.1, -0.05) is 38.2 Å². The fraction of sp³-hybridized carbons (Fsp3) is 0.800. The second kappa shape index (κ2) is 8.69. The largest absolute Gasteiger partial charge is 0.462 e. The standard InChI is InChI=1S/C30H43NO5/c1-17-7-5-9-29(3)13-25-19(11-23(17)29)21(27(32)35-25)15-31(34)16-22-20-12-24-18(2)8-6-10-30(24,4)14-26(20)36-28(22)33/h19-26,34H,1-2,5-16H2,3-4H3/t19-,20-,21+,22+,23-,24+,25-,26+,29+,30-/m0/s1. The van der Waals surface area contributed by atoms with Crippen LogP contribution < -0.4 is 0 Å². The predicted molar refractivity (Wildman–Crippen MR) is 135 cm³/mol. The Morgan fingerprint density at radius 1 is 0.833 bits per heavy atom. The van der Waals surface area contributed by atoms with E-state index in [-0.39, 0.29) is 71.7 Å². The third-order valence-electron chi connectivity index (χ3n) is 11.5. The molecule has 0 unspecified atom stereocenters. The average molecular weight is 498 g/mol. The zero-order chi connectivity index (χ0) is 25.4. The molecule has 1 N–H and O–H groups in total. The van der Waals surface area contributed by atoms with E-state index in [0.29, 0.717) is 11.8 Å². The summed E-state index contributed by atoms with van der Waals surface area (Å²) in [7, 11) is 0. The van der Waals surface area contributed by atoms with Crippen LogP contribution in [0.5, 0.6) is 0 Å². The summed E-state index contributed by atoms with van der Waals surface area (Å²) in [6, 6.07) is 0. The van der Waals surface area contributed by atoms with Gasteiger partial charge in [-0.25, -0.2) is 0 Å². The van der Waals surface area contributed by atoms with Crippen molar-refractivity contribution in [2.24, 2.45) is 46.3 Å². The number of ether oxygens (including phenoxy) is 2. The molecule has 4 aliphatic carbocycles. The van der Waals surface area contributed by atoms with Crippen molar-refractivity contribution in [2.75, 3.05) is 13.1 Å². The monoisotopic (exact) mass is 497 g/mol. The Balaban J connectivity index is 1.13. The van der Waals surface area contributed by atoms with Gasteiger partial charge in [0.25, 0.3) is 0 Å². The van der Waals surface area contributed by atoms with Crippen LogP contribution in [0.3, 0.4) is 0 Å². The molecular weight excluding hydrogens is 454 g/mol. The first kappa shape index (κ1) is 24.7. The number of fused-ring (bicyclic) bond motifs is 4. The molecule has 6 heteroatoms. The second-order valence-corrected chi connectivity index (χ2v) is 13.7. The molecule has 0 amide bonds. The first-order valence-electron chi connectivity index (χ1n) is 14.3. The van der Waals surface area contributed by atoms with Crippen LogP contribution in [0.4, 0.5) is 0 Å². The maximum atomic E-state index is 12.9. The fourth-order valence-electron chi connectivity index (χ4n) is 9.46. The van der Waals surface area contributed by atoms with Crippen molar-refractivity contribution in [3.63, 3.8) is 0 Å². The summed E-state index contributed by atoms with van der Waals surface area (Å²) in [5.74, 6) is -0.0784. The van der Waals surface area contributed by atoms with E-state index in [1.165, 1.54) is 16.2 Å². The Morgan fingerprint density at radius 3 is 1.67 bits per heavy atom. The van der Waals surface area contributed by atoms with Gasteiger partial charge in [-0.05, 0) is 86.9 Å². The predicted octanol–water partition coefficient (Wildman–Crippen LogP) is 5.31. The van der Waals surface area contributed by atoms with Crippen LogP contribution in [0.2, 0.25) is 0 Å². The smallest absolute Gasteiger partial charge is 0.311 e. The minimum atomic E-state index is -0.361. The van der Waals surface area contributed by atoms with Crippen molar-refractivity contribution >= 4 is 11.9 Å². The van der Waals surface area contributed by atoms with Gasteiger partial charge in [0.15, 0.2) is 0 Å². The van der Waals surface area contributed by atoms with Gasteiger partial charge in [-0.2, -0.15) is 5.06 Å². The molecule has 4 saturated carbocycles. The van der Waals surface area contributed by atoms with Crippen LogP contribution in [0.15, 0.2) is 24.3 Å². The van der Waals surface area contributed by atoms with Gasteiger partial charge in [0, 0.05) is 24.9 Å². The molecule has 2 heterocycles. The van der Waals surface area contributed by atoms with E-state index >= 15 is 0 Å². The number of carbonyl (C=O) groups excluding carboxylic acids is 2. The van der Waals surface area contributed by atoms with E-state index in [1.807, 2.05) is 0 Å². The van der Waals surface area contributed by atoms with Gasteiger partial charge in [0.1, 0.15) is 12.2 Å². The number of carbonyl (C=O) groups is 2. The molecule has 10 atom stereocenters. The molecule has 6 nitrogen and oxygen atoms in total. The number of allylic oxidation sites excluding steroid dienone is 2. The molecule has 6 aliphatic rings. The molecule has 2 aliphatic heterocycles. The molecule has 0 aromatic heterocycles. The first-order chi connectivity index (χ1) is 17.1. The quantitative estimate of drug-likeness (QED) is 0.322. The Kier molecular flexibility index (Phi) is 5.95. The molecule has 0 aromatic carbocycles. The summed E-state index contributed by atoms with van der Waals surface area (Å²) in [6.45, 7) is 13.8. The van der Waals surface area contributed by atoms with E-state index in [9.17, 15) is 14.8 Å². The SMILES string of the molecule is C=C1CCC[C@@]2(C)C[C@H]3OC(=O)[C@H](CN(O)C[C@H]4C(=O)O[C@H]5C[C@@]6(C)CCCC(=C)[C@@H]6C[C@H]54)[C@@H]3C[C@H]12. The van der Waals surface area contributed by atoms with Crippen LogP contribution in [0.25, 0.3) is 0 Å². The minimum Gasteiger partial charge on any atom is -0.462 e. The lowest BCUT2D eigenvalue weighted by atomic mass is 9.55. The lowest BCUT2D eigenvalue weighted by Gasteiger charge is -2.50. The van der Waals surface area contributed by atoms with E-state index in [1.54, 1.807) is 0 Å².